The fourth-order valence-corrected chi connectivity index (χ4v) is 2.73. The molecule has 1 unspecified atom stereocenters. The molecule has 2 nitrogen and oxygen atoms in total. The fraction of sp³-hybridized carbons (Fsp3) is 0.0476. The van der Waals surface area contributed by atoms with Gasteiger partial charge < -0.3 is 9.84 Å². The predicted octanol–water partition coefficient (Wildman–Crippen LogP) is 6.53. The molecule has 0 aromatic heterocycles. The average Bonchev–Trinajstić information content (AvgIpc) is 2.63. The van der Waals surface area contributed by atoms with Gasteiger partial charge in [-0.15, -0.1) is 0 Å². The molecule has 0 amide bonds. The van der Waals surface area contributed by atoms with Gasteiger partial charge in [0.05, 0.1) is 11.1 Å². The summed E-state index contributed by atoms with van der Waals surface area (Å²) in [4.78, 5) is 0. The first-order valence-corrected chi connectivity index (χ1v) is 8.51. The summed E-state index contributed by atoms with van der Waals surface area (Å²) in [6, 6.07) is 22.1. The van der Waals surface area contributed by atoms with Crippen LogP contribution in [0.5, 0.6) is 11.5 Å². The van der Waals surface area contributed by atoms with Crippen molar-refractivity contribution < 1.29 is 9.84 Å². The second kappa shape index (κ2) is 8.21. The van der Waals surface area contributed by atoms with Crippen LogP contribution in [0.4, 0.5) is 0 Å². The lowest BCUT2D eigenvalue weighted by molar-refractivity contribution is 0.229. The third-order valence-corrected chi connectivity index (χ3v) is 4.19. The van der Waals surface area contributed by atoms with Crippen LogP contribution in [0.1, 0.15) is 17.2 Å². The minimum Gasteiger partial charge on any atom is -0.457 e. The maximum Gasteiger partial charge on any atom is 0.128 e. The number of ether oxygens (including phenoxy) is 1. The van der Waals surface area contributed by atoms with Crippen molar-refractivity contribution in [1.29, 1.82) is 0 Å². The summed E-state index contributed by atoms with van der Waals surface area (Å²) in [5.41, 5.74) is 1.64. The van der Waals surface area contributed by atoms with Crippen LogP contribution < -0.4 is 4.74 Å². The van der Waals surface area contributed by atoms with Gasteiger partial charge >= 0.3 is 0 Å². The summed E-state index contributed by atoms with van der Waals surface area (Å²) in [5, 5.41) is 11.4. The van der Waals surface area contributed by atoms with Crippen LogP contribution in [-0.4, -0.2) is 5.11 Å². The molecule has 126 valence electrons. The van der Waals surface area contributed by atoms with E-state index < -0.39 is 6.10 Å². The Morgan fingerprint density at radius 3 is 2.20 bits per heavy atom. The maximum atomic E-state index is 10.3. The molecule has 0 heterocycles. The minimum atomic E-state index is -0.794. The van der Waals surface area contributed by atoms with Gasteiger partial charge in [-0.05, 0) is 42.0 Å². The quantitative estimate of drug-likeness (QED) is 0.552. The number of hydrogen-bond acceptors (Lipinski definition) is 2. The monoisotopic (exact) mass is 370 g/mol. The van der Waals surface area contributed by atoms with Crippen molar-refractivity contribution >= 4 is 29.3 Å². The lowest BCUT2D eigenvalue weighted by Crippen LogP contribution is -1.95. The van der Waals surface area contributed by atoms with Gasteiger partial charge in [-0.1, -0.05) is 71.8 Å². The standard InChI is InChI=1S/C21H16Cl2O2/c22-16-7-9-17(10-8-16)25-18-11-12-19(20(23)14-18)21(24)13-6-15-4-2-1-3-5-15/h1-14,21,24H. The van der Waals surface area contributed by atoms with Crippen LogP contribution >= 0.6 is 23.2 Å². The normalized spacial score (nSPS) is 12.3. The first-order valence-electron chi connectivity index (χ1n) is 7.76. The summed E-state index contributed by atoms with van der Waals surface area (Å²) >= 11 is 12.2. The molecule has 1 atom stereocenters. The van der Waals surface area contributed by atoms with Gasteiger partial charge in [0.1, 0.15) is 11.5 Å². The van der Waals surface area contributed by atoms with Gasteiger partial charge in [-0.3, -0.25) is 0 Å². The molecule has 3 aromatic rings. The van der Waals surface area contributed by atoms with Gasteiger partial charge in [-0.2, -0.15) is 0 Å². The molecule has 0 aliphatic carbocycles. The van der Waals surface area contributed by atoms with E-state index in [2.05, 4.69) is 0 Å². The smallest absolute Gasteiger partial charge is 0.128 e. The summed E-state index contributed by atoms with van der Waals surface area (Å²) in [5.74, 6) is 1.26. The molecule has 0 radical (unpaired) electrons. The van der Waals surface area contributed by atoms with Crippen molar-refractivity contribution in [3.8, 4) is 11.5 Å². The van der Waals surface area contributed by atoms with E-state index in [1.54, 1.807) is 48.5 Å². The van der Waals surface area contributed by atoms with Crippen molar-refractivity contribution in [2.75, 3.05) is 0 Å². The maximum absolute atomic E-state index is 10.3. The molecule has 0 bridgehead atoms. The Labute approximate surface area is 156 Å². The molecule has 0 spiro atoms. The Balaban J connectivity index is 1.72. The molecule has 4 heteroatoms. The zero-order chi connectivity index (χ0) is 17.6. The lowest BCUT2D eigenvalue weighted by atomic mass is 10.1. The molecule has 25 heavy (non-hydrogen) atoms. The van der Waals surface area contributed by atoms with Crippen LogP contribution in [0, 0.1) is 0 Å². The van der Waals surface area contributed by atoms with Crippen molar-refractivity contribution in [3.63, 3.8) is 0 Å². The summed E-state index contributed by atoms with van der Waals surface area (Å²) in [6.45, 7) is 0. The molecule has 1 N–H and O–H groups in total. The first kappa shape index (κ1) is 17.6. The summed E-state index contributed by atoms with van der Waals surface area (Å²) in [7, 11) is 0. The highest BCUT2D eigenvalue weighted by atomic mass is 35.5. The van der Waals surface area contributed by atoms with E-state index in [9.17, 15) is 5.11 Å². The number of halogens is 2. The Morgan fingerprint density at radius 2 is 1.52 bits per heavy atom. The van der Waals surface area contributed by atoms with Crippen LogP contribution in [0.15, 0.2) is 78.9 Å². The highest BCUT2D eigenvalue weighted by molar-refractivity contribution is 6.31. The van der Waals surface area contributed by atoms with E-state index in [1.165, 1.54) is 0 Å². The second-order valence-electron chi connectivity index (χ2n) is 5.45. The topological polar surface area (TPSA) is 29.5 Å². The van der Waals surface area contributed by atoms with Crippen LogP contribution in [-0.2, 0) is 0 Å². The highest BCUT2D eigenvalue weighted by Gasteiger charge is 2.10. The van der Waals surface area contributed by atoms with E-state index in [-0.39, 0.29) is 0 Å². The zero-order valence-electron chi connectivity index (χ0n) is 13.3. The molecule has 0 aliphatic rings. The number of hydrogen-bond donors (Lipinski definition) is 1. The summed E-state index contributed by atoms with van der Waals surface area (Å²) < 4.78 is 5.74. The average molecular weight is 371 g/mol. The largest absolute Gasteiger partial charge is 0.457 e. The van der Waals surface area contributed by atoms with Crippen LogP contribution in [0.3, 0.4) is 0 Å². The van der Waals surface area contributed by atoms with Crippen LogP contribution in [0.2, 0.25) is 10.0 Å². The van der Waals surface area contributed by atoms with E-state index >= 15 is 0 Å². The zero-order valence-corrected chi connectivity index (χ0v) is 14.8. The fourth-order valence-electron chi connectivity index (χ4n) is 2.32. The molecule has 3 aromatic carbocycles. The van der Waals surface area contributed by atoms with Crippen molar-refractivity contribution in [1.82, 2.24) is 0 Å². The molecular formula is C21H16Cl2O2. The van der Waals surface area contributed by atoms with Crippen LogP contribution in [0.25, 0.3) is 6.08 Å². The number of aliphatic hydroxyl groups excluding tert-OH is 1. The second-order valence-corrected chi connectivity index (χ2v) is 6.30. The Kier molecular flexibility index (Phi) is 5.77. The third kappa shape index (κ3) is 4.86. The van der Waals surface area contributed by atoms with Crippen molar-refractivity contribution in [3.05, 3.63) is 100 Å². The van der Waals surface area contributed by atoms with Gasteiger partial charge in [0.15, 0.2) is 0 Å². The molecular weight excluding hydrogens is 355 g/mol. The highest BCUT2D eigenvalue weighted by Crippen LogP contribution is 2.31. The van der Waals surface area contributed by atoms with Gasteiger partial charge in [0.2, 0.25) is 0 Å². The van der Waals surface area contributed by atoms with Gasteiger partial charge in [0.25, 0.3) is 0 Å². The van der Waals surface area contributed by atoms with E-state index in [4.69, 9.17) is 27.9 Å². The first-order chi connectivity index (χ1) is 12.1. The van der Waals surface area contributed by atoms with E-state index in [1.807, 2.05) is 36.4 Å². The van der Waals surface area contributed by atoms with E-state index in [0.717, 1.165) is 5.56 Å². The third-order valence-electron chi connectivity index (χ3n) is 3.61. The minimum absolute atomic E-state index is 0.441. The number of aliphatic hydroxyl groups is 1. The number of benzene rings is 3. The number of rotatable bonds is 5. The van der Waals surface area contributed by atoms with Gasteiger partial charge in [0, 0.05) is 10.6 Å². The van der Waals surface area contributed by atoms with Crippen molar-refractivity contribution in [2.24, 2.45) is 0 Å². The molecule has 0 saturated heterocycles. The lowest BCUT2D eigenvalue weighted by Gasteiger charge is -2.11. The SMILES string of the molecule is OC(C=Cc1ccccc1)c1ccc(Oc2ccc(Cl)cc2)cc1Cl. The van der Waals surface area contributed by atoms with Gasteiger partial charge in [-0.25, -0.2) is 0 Å². The molecule has 3 rings (SSSR count). The molecule has 0 aliphatic heterocycles. The Morgan fingerprint density at radius 1 is 0.840 bits per heavy atom. The summed E-state index contributed by atoms with van der Waals surface area (Å²) in [6.07, 6.45) is 2.77. The van der Waals surface area contributed by atoms with E-state index in [0.29, 0.717) is 27.1 Å². The molecule has 0 fully saturated rings. The molecule has 0 saturated carbocycles. The Hall–Kier alpha value is -2.26. The Bertz CT molecular complexity index is 859. The van der Waals surface area contributed by atoms with Crippen molar-refractivity contribution in [2.45, 2.75) is 6.10 Å². The predicted molar refractivity (Wildman–Crippen MR) is 103 cm³/mol.